The molecular weight excluding hydrogens is 504 g/mol. The van der Waals surface area contributed by atoms with Crippen molar-refractivity contribution in [2.24, 2.45) is 17.8 Å². The Morgan fingerprint density at radius 1 is 0.976 bits per heavy atom. The number of carbonyl (C=O) groups excluding carboxylic acids is 3. The van der Waals surface area contributed by atoms with Crippen molar-refractivity contribution in [3.8, 4) is 0 Å². The van der Waals surface area contributed by atoms with Gasteiger partial charge in [-0.15, -0.1) is 0 Å². The molecule has 41 heavy (non-hydrogen) atoms. The summed E-state index contributed by atoms with van der Waals surface area (Å²) in [5.41, 5.74) is 8.39. The van der Waals surface area contributed by atoms with E-state index in [0.717, 1.165) is 61.6 Å². The van der Waals surface area contributed by atoms with Crippen molar-refractivity contribution in [3.05, 3.63) is 88.0 Å². The summed E-state index contributed by atoms with van der Waals surface area (Å²) >= 11 is 0. The van der Waals surface area contributed by atoms with Gasteiger partial charge < -0.3 is 0 Å². The van der Waals surface area contributed by atoms with Crippen LogP contribution in [0, 0.1) is 24.7 Å². The first-order chi connectivity index (χ1) is 19.7. The summed E-state index contributed by atoms with van der Waals surface area (Å²) < 4.78 is 0. The third kappa shape index (κ3) is 8.71. The molecule has 0 fully saturated rings. The van der Waals surface area contributed by atoms with Crippen LogP contribution in [0.1, 0.15) is 119 Å². The van der Waals surface area contributed by atoms with Gasteiger partial charge in [-0.05, 0) is 85.6 Å². The molecule has 0 spiro atoms. The molecule has 0 radical (unpaired) electrons. The predicted molar refractivity (Wildman–Crippen MR) is 171 cm³/mol. The molecule has 4 rings (SSSR count). The fourth-order valence-electron chi connectivity index (χ4n) is 6.74. The number of ketones is 3. The molecule has 0 heterocycles. The third-order valence-electron chi connectivity index (χ3n) is 8.53. The zero-order valence-corrected chi connectivity index (χ0v) is 26.2. The van der Waals surface area contributed by atoms with Gasteiger partial charge >= 0.3 is 0 Å². The van der Waals surface area contributed by atoms with E-state index in [-0.39, 0.29) is 41.5 Å². The van der Waals surface area contributed by atoms with E-state index in [4.69, 9.17) is 0 Å². The van der Waals surface area contributed by atoms with E-state index in [1.807, 2.05) is 6.07 Å². The van der Waals surface area contributed by atoms with Crippen LogP contribution in [0.5, 0.6) is 0 Å². The van der Waals surface area contributed by atoms with Crippen molar-refractivity contribution in [3.63, 3.8) is 0 Å². The van der Waals surface area contributed by atoms with Gasteiger partial charge in [0, 0.05) is 17.9 Å². The minimum absolute atomic E-state index is 0.0337. The van der Waals surface area contributed by atoms with Crippen LogP contribution in [0.2, 0.25) is 0 Å². The van der Waals surface area contributed by atoms with Gasteiger partial charge in [0.15, 0.2) is 5.78 Å². The van der Waals surface area contributed by atoms with Crippen LogP contribution < -0.4 is 0 Å². The van der Waals surface area contributed by atoms with Gasteiger partial charge in [-0.1, -0.05) is 107 Å². The summed E-state index contributed by atoms with van der Waals surface area (Å²) in [6.07, 6.45) is 12.8. The molecule has 3 atom stereocenters. The van der Waals surface area contributed by atoms with Crippen molar-refractivity contribution in [2.45, 2.75) is 106 Å². The average Bonchev–Trinajstić information content (AvgIpc) is 3.40. The van der Waals surface area contributed by atoms with Crippen LogP contribution in [0.15, 0.2) is 60.2 Å². The van der Waals surface area contributed by atoms with Crippen molar-refractivity contribution < 1.29 is 14.4 Å². The Morgan fingerprint density at radius 2 is 1.68 bits per heavy atom. The third-order valence-corrected chi connectivity index (χ3v) is 8.53. The highest BCUT2D eigenvalue weighted by atomic mass is 16.1. The van der Waals surface area contributed by atoms with Gasteiger partial charge in [-0.25, -0.2) is 0 Å². The first-order valence-electron chi connectivity index (χ1n) is 15.8. The van der Waals surface area contributed by atoms with Gasteiger partial charge in [-0.2, -0.15) is 0 Å². The maximum absolute atomic E-state index is 13.5. The van der Waals surface area contributed by atoms with Crippen molar-refractivity contribution in [1.82, 2.24) is 0 Å². The number of hydrogen-bond acceptors (Lipinski definition) is 3. The number of allylic oxidation sites excluding steroid dienone is 4. The molecule has 220 valence electrons. The molecule has 3 heteroatoms. The fourth-order valence-corrected chi connectivity index (χ4v) is 6.74. The van der Waals surface area contributed by atoms with E-state index in [1.54, 1.807) is 0 Å². The Morgan fingerprint density at radius 3 is 2.32 bits per heavy atom. The molecule has 0 saturated heterocycles. The molecule has 0 bridgehead atoms. The summed E-state index contributed by atoms with van der Waals surface area (Å²) in [4.78, 5) is 37.9. The second-order valence-electron chi connectivity index (χ2n) is 12.1. The second-order valence-corrected chi connectivity index (χ2v) is 12.1. The molecule has 2 aromatic carbocycles. The first-order valence-corrected chi connectivity index (χ1v) is 15.8. The fraction of sp³-hybridized carbons (Fsp3) is 0.500. The smallest absolute Gasteiger partial charge is 0.163 e. The summed E-state index contributed by atoms with van der Waals surface area (Å²) in [6, 6.07) is 14.9. The molecule has 0 N–H and O–H groups in total. The highest BCUT2D eigenvalue weighted by Gasteiger charge is 2.33. The largest absolute Gasteiger partial charge is 0.300 e. The van der Waals surface area contributed by atoms with E-state index in [2.05, 4.69) is 83.2 Å². The molecular formula is C38H50O3. The number of hydrogen-bond donors (Lipinski definition) is 0. The van der Waals surface area contributed by atoms with E-state index < -0.39 is 0 Å². The minimum atomic E-state index is -0.0893. The summed E-state index contributed by atoms with van der Waals surface area (Å²) in [6.45, 7) is 12.1. The maximum Gasteiger partial charge on any atom is 0.163 e. The molecule has 0 aromatic heterocycles. The Labute approximate surface area is 248 Å². The molecule has 2 aliphatic carbocycles. The van der Waals surface area contributed by atoms with Crippen LogP contribution in [0.25, 0.3) is 5.57 Å². The monoisotopic (exact) mass is 554 g/mol. The summed E-state index contributed by atoms with van der Waals surface area (Å²) in [7, 11) is 0. The Balaban J connectivity index is 0.00000147. The maximum atomic E-state index is 13.5. The van der Waals surface area contributed by atoms with Gasteiger partial charge in [-0.3, -0.25) is 14.4 Å². The van der Waals surface area contributed by atoms with Crippen molar-refractivity contribution in [2.75, 3.05) is 0 Å². The lowest BCUT2D eigenvalue weighted by Crippen LogP contribution is -2.30. The van der Waals surface area contributed by atoms with Gasteiger partial charge in [0.05, 0.1) is 6.42 Å². The lowest BCUT2D eigenvalue weighted by atomic mass is 9.71. The summed E-state index contributed by atoms with van der Waals surface area (Å²) in [5, 5.41) is 0. The number of benzene rings is 2. The number of fused-ring (bicyclic) bond motifs is 1. The van der Waals surface area contributed by atoms with Gasteiger partial charge in [0.2, 0.25) is 0 Å². The van der Waals surface area contributed by atoms with Gasteiger partial charge in [0.25, 0.3) is 0 Å². The highest BCUT2D eigenvalue weighted by Crippen LogP contribution is 2.38. The second kappa shape index (κ2) is 15.8. The van der Waals surface area contributed by atoms with E-state index in [9.17, 15) is 14.4 Å². The van der Waals surface area contributed by atoms with Crippen molar-refractivity contribution in [1.29, 1.82) is 0 Å². The molecule has 0 aliphatic heterocycles. The number of rotatable bonds is 12. The molecule has 0 amide bonds. The normalized spacial score (nSPS) is 17.5. The zero-order valence-electron chi connectivity index (χ0n) is 26.2. The van der Waals surface area contributed by atoms with Crippen LogP contribution in [-0.2, 0) is 22.4 Å². The average molecular weight is 555 g/mol. The van der Waals surface area contributed by atoms with Crippen LogP contribution in [0.4, 0.5) is 0 Å². The predicted octanol–water partition coefficient (Wildman–Crippen LogP) is 9.49. The lowest BCUT2D eigenvalue weighted by Gasteiger charge is -2.32. The van der Waals surface area contributed by atoms with Crippen LogP contribution >= 0.6 is 0 Å². The zero-order chi connectivity index (χ0) is 29.9. The molecule has 2 aromatic rings. The highest BCUT2D eigenvalue weighted by molar-refractivity contribution is 6.00. The lowest BCUT2D eigenvalue weighted by molar-refractivity contribution is -0.129. The van der Waals surface area contributed by atoms with E-state index in [1.165, 1.54) is 35.6 Å². The van der Waals surface area contributed by atoms with Crippen LogP contribution in [-0.4, -0.2) is 17.3 Å². The first kappa shape index (κ1) is 32.4. The van der Waals surface area contributed by atoms with E-state index in [0.29, 0.717) is 6.42 Å². The standard InChI is InChI=1S/C35H42O3.C3H8/c1-5-10-30(32(6-2)33(37)17-23(3)36)20-26-21-31-16-15-28(24(4)35(31)34(38)22-26)18-25-13-14-29(19-25)27-11-8-7-9-12-27;1-3-2/h7-9,11-12,14-16,19,26,30,32H,5-6,10,13,17-18,20-22H2,1-4H3;3H2,1-2H3. The molecule has 3 unspecified atom stereocenters. The molecule has 0 saturated carbocycles. The summed E-state index contributed by atoms with van der Waals surface area (Å²) in [5.74, 6) is 0.666. The minimum Gasteiger partial charge on any atom is -0.300 e. The Kier molecular flexibility index (Phi) is 12.5. The molecule has 2 aliphatic rings. The Hall–Kier alpha value is -3.07. The van der Waals surface area contributed by atoms with Crippen LogP contribution in [0.3, 0.4) is 0 Å². The quantitative estimate of drug-likeness (QED) is 0.246. The van der Waals surface area contributed by atoms with Crippen molar-refractivity contribution >= 4 is 22.9 Å². The molecule has 3 nitrogen and oxygen atoms in total. The Bertz CT molecular complexity index is 1260. The number of carbonyl (C=O) groups is 3. The topological polar surface area (TPSA) is 51.2 Å². The SMILES string of the molecule is CCC.CCCC(CC1CC(=O)c2c(ccc(CC3=CC(c4ccccc4)=CC3)c2C)C1)C(CC)C(=O)CC(C)=O. The van der Waals surface area contributed by atoms with Gasteiger partial charge in [0.1, 0.15) is 11.6 Å². The van der Waals surface area contributed by atoms with E-state index >= 15 is 0 Å². The number of Topliss-reactive ketones (excluding diaryl/α,β-unsaturated/α-hetero) is 3.